The van der Waals surface area contributed by atoms with E-state index >= 15 is 0 Å². The van der Waals surface area contributed by atoms with Crippen molar-refractivity contribution in [3.8, 4) is 0 Å². The van der Waals surface area contributed by atoms with Crippen LogP contribution in [0.25, 0.3) is 0 Å². The number of hydrogen-bond donors (Lipinski definition) is 0. The van der Waals surface area contributed by atoms with E-state index < -0.39 is 0 Å². The average Bonchev–Trinajstić information content (AvgIpc) is 2.62. The Balaban J connectivity index is 2.50. The van der Waals surface area contributed by atoms with Crippen molar-refractivity contribution in [2.24, 2.45) is 0 Å². The van der Waals surface area contributed by atoms with Gasteiger partial charge in [-0.15, -0.1) is 0 Å². The van der Waals surface area contributed by atoms with Crippen LogP contribution in [0.4, 0.5) is 0 Å². The molecular weight excluding hydrogens is 196 g/mol. The third-order valence-corrected chi connectivity index (χ3v) is 2.08. The Morgan fingerprint density at radius 2 is 2.40 bits per heavy atom. The summed E-state index contributed by atoms with van der Waals surface area (Å²) in [4.78, 5) is 13.0. The number of ether oxygens (including phenoxy) is 1. The van der Waals surface area contributed by atoms with Crippen molar-refractivity contribution in [1.29, 1.82) is 0 Å². The molecular formula is C10H16N2O3. The second-order valence-corrected chi connectivity index (χ2v) is 3.31. The lowest BCUT2D eigenvalue weighted by atomic mass is 10.3. The van der Waals surface area contributed by atoms with Crippen LogP contribution < -0.4 is 0 Å². The Morgan fingerprint density at radius 1 is 1.67 bits per heavy atom. The maximum atomic E-state index is 11.1. The van der Waals surface area contributed by atoms with E-state index in [1.165, 1.54) is 7.11 Å². The first-order valence-corrected chi connectivity index (χ1v) is 4.87. The summed E-state index contributed by atoms with van der Waals surface area (Å²) in [6.07, 6.45) is 0. The molecule has 0 saturated heterocycles. The topological polar surface area (TPSA) is 55.6 Å². The summed E-state index contributed by atoms with van der Waals surface area (Å²) in [6.45, 7) is 5.45. The standard InChI is InChI=1S/C10H16N2O3/c1-4-12(7-10(13)14-3)6-9-5-8(2)11-15-9/h5H,4,6-7H2,1-3H3. The molecule has 1 heterocycles. The molecule has 1 aromatic rings. The summed E-state index contributed by atoms with van der Waals surface area (Å²) in [5.74, 6) is 0.520. The maximum Gasteiger partial charge on any atom is 0.319 e. The van der Waals surface area contributed by atoms with Crippen LogP contribution in [-0.2, 0) is 16.1 Å². The molecule has 0 aliphatic heterocycles. The molecule has 0 unspecified atom stereocenters. The van der Waals surface area contributed by atoms with Gasteiger partial charge in [-0.1, -0.05) is 12.1 Å². The van der Waals surface area contributed by atoms with Gasteiger partial charge < -0.3 is 9.26 Å². The highest BCUT2D eigenvalue weighted by Crippen LogP contribution is 2.06. The van der Waals surface area contributed by atoms with E-state index in [1.807, 2.05) is 24.8 Å². The van der Waals surface area contributed by atoms with Crippen LogP contribution in [0.1, 0.15) is 18.4 Å². The van der Waals surface area contributed by atoms with Crippen LogP contribution in [-0.4, -0.2) is 36.2 Å². The number of aromatic nitrogens is 1. The van der Waals surface area contributed by atoms with Gasteiger partial charge in [0.2, 0.25) is 0 Å². The molecule has 0 radical (unpaired) electrons. The lowest BCUT2D eigenvalue weighted by Gasteiger charge is -2.16. The zero-order valence-electron chi connectivity index (χ0n) is 9.32. The predicted octanol–water partition coefficient (Wildman–Crippen LogP) is 0.978. The molecule has 0 aliphatic carbocycles. The van der Waals surface area contributed by atoms with E-state index in [2.05, 4.69) is 9.89 Å². The van der Waals surface area contributed by atoms with Crippen LogP contribution in [0.5, 0.6) is 0 Å². The van der Waals surface area contributed by atoms with Gasteiger partial charge >= 0.3 is 5.97 Å². The minimum Gasteiger partial charge on any atom is -0.468 e. The number of hydrogen-bond acceptors (Lipinski definition) is 5. The first-order chi connectivity index (χ1) is 7.15. The summed E-state index contributed by atoms with van der Waals surface area (Å²) in [7, 11) is 1.38. The highest BCUT2D eigenvalue weighted by molar-refractivity contribution is 5.71. The third kappa shape index (κ3) is 3.71. The van der Waals surface area contributed by atoms with E-state index in [-0.39, 0.29) is 12.5 Å². The molecule has 0 fully saturated rings. The molecule has 0 aromatic carbocycles. The van der Waals surface area contributed by atoms with Crippen LogP contribution in [0, 0.1) is 6.92 Å². The number of methoxy groups -OCH3 is 1. The van der Waals surface area contributed by atoms with Crippen molar-refractivity contribution in [1.82, 2.24) is 10.1 Å². The van der Waals surface area contributed by atoms with Gasteiger partial charge in [0.1, 0.15) is 0 Å². The Kier molecular flexibility index (Phi) is 4.30. The maximum absolute atomic E-state index is 11.1. The van der Waals surface area contributed by atoms with Crippen molar-refractivity contribution in [3.05, 3.63) is 17.5 Å². The van der Waals surface area contributed by atoms with E-state index in [4.69, 9.17) is 4.52 Å². The molecule has 1 aromatic heterocycles. The molecule has 0 atom stereocenters. The number of nitrogens with zero attached hydrogens (tertiary/aromatic N) is 2. The molecule has 84 valence electrons. The molecule has 0 amide bonds. The summed E-state index contributed by atoms with van der Waals surface area (Å²) >= 11 is 0. The van der Waals surface area contributed by atoms with Gasteiger partial charge in [0.25, 0.3) is 0 Å². The monoisotopic (exact) mass is 212 g/mol. The number of esters is 1. The number of carbonyl (C=O) groups is 1. The van der Waals surface area contributed by atoms with Crippen molar-refractivity contribution in [2.45, 2.75) is 20.4 Å². The minimum absolute atomic E-state index is 0.243. The van der Waals surface area contributed by atoms with Crippen LogP contribution in [0.15, 0.2) is 10.6 Å². The van der Waals surface area contributed by atoms with Gasteiger partial charge in [-0.05, 0) is 13.5 Å². The first-order valence-electron chi connectivity index (χ1n) is 4.87. The number of aryl methyl sites for hydroxylation is 1. The zero-order chi connectivity index (χ0) is 11.3. The van der Waals surface area contributed by atoms with Crippen LogP contribution in [0.3, 0.4) is 0 Å². The van der Waals surface area contributed by atoms with Crippen molar-refractivity contribution in [2.75, 3.05) is 20.2 Å². The molecule has 0 N–H and O–H groups in total. The van der Waals surface area contributed by atoms with Gasteiger partial charge in [-0.2, -0.15) is 0 Å². The van der Waals surface area contributed by atoms with Gasteiger partial charge in [-0.3, -0.25) is 9.69 Å². The Labute approximate surface area is 89.0 Å². The van der Waals surface area contributed by atoms with E-state index in [9.17, 15) is 4.79 Å². The molecule has 1 rings (SSSR count). The average molecular weight is 212 g/mol. The second-order valence-electron chi connectivity index (χ2n) is 3.31. The quantitative estimate of drug-likeness (QED) is 0.681. The third-order valence-electron chi connectivity index (χ3n) is 2.08. The summed E-state index contributed by atoms with van der Waals surface area (Å²) in [6, 6.07) is 1.86. The van der Waals surface area contributed by atoms with Gasteiger partial charge in [0.05, 0.1) is 25.9 Å². The van der Waals surface area contributed by atoms with E-state index in [0.717, 1.165) is 18.0 Å². The fourth-order valence-electron chi connectivity index (χ4n) is 1.24. The first kappa shape index (κ1) is 11.7. The SMILES string of the molecule is CCN(CC(=O)OC)Cc1cc(C)no1. The number of carbonyl (C=O) groups excluding carboxylic acids is 1. The Hall–Kier alpha value is -1.36. The number of rotatable bonds is 5. The van der Waals surface area contributed by atoms with Crippen molar-refractivity contribution in [3.63, 3.8) is 0 Å². The highest BCUT2D eigenvalue weighted by Gasteiger charge is 2.11. The van der Waals surface area contributed by atoms with Crippen LogP contribution in [0.2, 0.25) is 0 Å². The summed E-state index contributed by atoms with van der Waals surface area (Å²) in [5, 5.41) is 3.79. The molecule has 0 spiro atoms. The second kappa shape index (κ2) is 5.50. The summed E-state index contributed by atoms with van der Waals surface area (Å²) in [5.41, 5.74) is 0.846. The van der Waals surface area contributed by atoms with Gasteiger partial charge in [-0.25, -0.2) is 0 Å². The largest absolute Gasteiger partial charge is 0.468 e. The molecule has 0 saturated carbocycles. The fourth-order valence-corrected chi connectivity index (χ4v) is 1.24. The van der Waals surface area contributed by atoms with Crippen molar-refractivity contribution >= 4 is 5.97 Å². The Morgan fingerprint density at radius 3 is 2.87 bits per heavy atom. The lowest BCUT2D eigenvalue weighted by molar-refractivity contribution is -0.142. The molecule has 0 bridgehead atoms. The molecule has 15 heavy (non-hydrogen) atoms. The zero-order valence-corrected chi connectivity index (χ0v) is 9.32. The number of likely N-dealkylation sites (N-methyl/N-ethyl adjacent to an activating group) is 1. The predicted molar refractivity (Wildman–Crippen MR) is 54.2 cm³/mol. The molecule has 0 aliphatic rings. The van der Waals surface area contributed by atoms with Crippen LogP contribution >= 0.6 is 0 Å². The smallest absolute Gasteiger partial charge is 0.319 e. The highest BCUT2D eigenvalue weighted by atomic mass is 16.5. The van der Waals surface area contributed by atoms with Crippen molar-refractivity contribution < 1.29 is 14.1 Å². The van der Waals surface area contributed by atoms with Gasteiger partial charge in [0, 0.05) is 6.07 Å². The Bertz CT molecular complexity index is 322. The summed E-state index contributed by atoms with van der Waals surface area (Å²) < 4.78 is 9.67. The fraction of sp³-hybridized carbons (Fsp3) is 0.600. The lowest BCUT2D eigenvalue weighted by Crippen LogP contribution is -2.29. The van der Waals surface area contributed by atoms with E-state index in [0.29, 0.717) is 6.54 Å². The van der Waals surface area contributed by atoms with Gasteiger partial charge in [0.15, 0.2) is 5.76 Å². The normalized spacial score (nSPS) is 10.7. The molecule has 5 nitrogen and oxygen atoms in total. The molecule has 5 heteroatoms. The minimum atomic E-state index is -0.243. The van der Waals surface area contributed by atoms with E-state index in [1.54, 1.807) is 0 Å².